The fraction of sp³-hybridized carbons (Fsp3) is 0.100. The van der Waals surface area contributed by atoms with Gasteiger partial charge in [-0.05, 0) is 35.9 Å². The monoisotopic (exact) mass is 404 g/mol. The second-order valence-electron chi connectivity index (χ2n) is 5.74. The number of hydrogen-bond acceptors (Lipinski definition) is 4. The molecule has 2 aromatic carbocycles. The van der Waals surface area contributed by atoms with Crippen molar-refractivity contribution in [1.82, 2.24) is 5.43 Å². The van der Waals surface area contributed by atoms with Crippen LogP contribution in [0.4, 0.5) is 13.2 Å². The van der Waals surface area contributed by atoms with Crippen molar-refractivity contribution >= 4 is 23.9 Å². The van der Waals surface area contributed by atoms with Gasteiger partial charge in [-0.15, -0.1) is 0 Å². The molecule has 0 aliphatic rings. The number of hydrogen-bond donors (Lipinski definition) is 1. The Kier molecular flexibility index (Phi) is 6.20. The number of furan rings is 1. The molecule has 28 heavy (non-hydrogen) atoms. The first-order chi connectivity index (χ1) is 13.4. The molecule has 144 valence electrons. The van der Waals surface area contributed by atoms with Gasteiger partial charge in [-0.2, -0.15) is 18.3 Å². The Bertz CT molecular complexity index is 969. The van der Waals surface area contributed by atoms with Gasteiger partial charge in [0.15, 0.2) is 5.09 Å². The number of nitrogens with one attached hydrogen (secondary N) is 1. The fourth-order valence-electron chi connectivity index (χ4n) is 2.31. The molecule has 0 spiro atoms. The standard InChI is InChI=1S/C20H15F3N2O2S/c21-20(22,23)15-6-4-5-14(11-15)12-18(26)25-24-13-16-9-10-19(27-16)28-17-7-2-1-3-8-17/h1-11,13H,12H2,(H,25,26)/b24-13+. The van der Waals surface area contributed by atoms with E-state index >= 15 is 0 Å². The minimum absolute atomic E-state index is 0.214. The summed E-state index contributed by atoms with van der Waals surface area (Å²) in [6.07, 6.45) is -3.33. The Hall–Kier alpha value is -3.00. The number of alkyl halides is 3. The summed E-state index contributed by atoms with van der Waals surface area (Å²) < 4.78 is 43.7. The van der Waals surface area contributed by atoms with E-state index in [1.807, 2.05) is 30.3 Å². The number of carbonyl (C=O) groups excluding carboxylic acids is 1. The highest BCUT2D eigenvalue weighted by atomic mass is 32.2. The van der Waals surface area contributed by atoms with Crippen LogP contribution in [0.1, 0.15) is 16.9 Å². The van der Waals surface area contributed by atoms with E-state index in [1.54, 1.807) is 12.1 Å². The van der Waals surface area contributed by atoms with Crippen molar-refractivity contribution in [1.29, 1.82) is 0 Å². The minimum atomic E-state index is -4.45. The molecule has 3 rings (SSSR count). The molecule has 0 radical (unpaired) electrons. The number of halogens is 3. The van der Waals surface area contributed by atoms with Gasteiger partial charge >= 0.3 is 6.18 Å². The molecule has 0 saturated heterocycles. The predicted molar refractivity (Wildman–Crippen MR) is 100 cm³/mol. The lowest BCUT2D eigenvalue weighted by Crippen LogP contribution is -2.20. The Morgan fingerprint density at radius 1 is 1.07 bits per heavy atom. The van der Waals surface area contributed by atoms with Crippen LogP contribution in [0.2, 0.25) is 0 Å². The topological polar surface area (TPSA) is 54.6 Å². The number of rotatable bonds is 6. The first kappa shape index (κ1) is 19.8. The molecule has 1 amide bonds. The Morgan fingerprint density at radius 2 is 1.86 bits per heavy atom. The highest BCUT2D eigenvalue weighted by Gasteiger charge is 2.30. The van der Waals surface area contributed by atoms with Crippen molar-refractivity contribution in [2.45, 2.75) is 22.6 Å². The van der Waals surface area contributed by atoms with E-state index < -0.39 is 17.6 Å². The Morgan fingerprint density at radius 3 is 2.61 bits per heavy atom. The van der Waals surface area contributed by atoms with Gasteiger partial charge in [-0.1, -0.05) is 48.2 Å². The number of hydrazone groups is 1. The maximum Gasteiger partial charge on any atom is 0.416 e. The van der Waals surface area contributed by atoms with Crippen LogP contribution in [0.5, 0.6) is 0 Å². The van der Waals surface area contributed by atoms with Crippen LogP contribution in [0.3, 0.4) is 0 Å². The lowest BCUT2D eigenvalue weighted by molar-refractivity contribution is -0.137. The van der Waals surface area contributed by atoms with E-state index in [-0.39, 0.29) is 12.0 Å². The van der Waals surface area contributed by atoms with Crippen LogP contribution in [0.15, 0.2) is 86.2 Å². The molecule has 0 atom stereocenters. The van der Waals surface area contributed by atoms with E-state index in [9.17, 15) is 18.0 Å². The molecular weight excluding hydrogens is 389 g/mol. The molecule has 0 unspecified atom stereocenters. The van der Waals surface area contributed by atoms with Gasteiger partial charge in [0, 0.05) is 4.90 Å². The maximum absolute atomic E-state index is 12.7. The lowest BCUT2D eigenvalue weighted by atomic mass is 10.1. The number of amides is 1. The normalized spacial score (nSPS) is 11.7. The summed E-state index contributed by atoms with van der Waals surface area (Å²) in [6, 6.07) is 17.8. The molecule has 0 aliphatic heterocycles. The molecule has 4 nitrogen and oxygen atoms in total. The van der Waals surface area contributed by atoms with E-state index in [4.69, 9.17) is 4.42 Å². The van der Waals surface area contributed by atoms with Gasteiger partial charge in [0.2, 0.25) is 5.91 Å². The van der Waals surface area contributed by atoms with E-state index in [2.05, 4.69) is 10.5 Å². The first-order valence-corrected chi connectivity index (χ1v) is 9.02. The third-order valence-corrected chi connectivity index (χ3v) is 4.49. The first-order valence-electron chi connectivity index (χ1n) is 8.21. The highest BCUT2D eigenvalue weighted by Crippen LogP contribution is 2.30. The minimum Gasteiger partial charge on any atom is -0.448 e. The largest absolute Gasteiger partial charge is 0.448 e. The summed E-state index contributed by atoms with van der Waals surface area (Å²) in [5, 5.41) is 4.45. The molecule has 0 fully saturated rings. The second-order valence-corrected chi connectivity index (χ2v) is 6.82. The molecule has 8 heteroatoms. The zero-order valence-corrected chi connectivity index (χ0v) is 15.3. The Labute approximate surface area is 163 Å². The average molecular weight is 404 g/mol. The van der Waals surface area contributed by atoms with Gasteiger partial charge in [0.25, 0.3) is 0 Å². The van der Waals surface area contributed by atoms with Crippen LogP contribution in [-0.2, 0) is 17.4 Å². The molecule has 1 aromatic heterocycles. The van der Waals surface area contributed by atoms with Gasteiger partial charge in [0.1, 0.15) is 5.76 Å². The number of benzene rings is 2. The lowest BCUT2D eigenvalue weighted by Gasteiger charge is -2.08. The van der Waals surface area contributed by atoms with Crippen LogP contribution < -0.4 is 5.43 Å². The smallest absolute Gasteiger partial charge is 0.416 e. The van der Waals surface area contributed by atoms with Gasteiger partial charge in [0.05, 0.1) is 18.2 Å². The molecule has 0 aliphatic carbocycles. The van der Waals surface area contributed by atoms with E-state index in [0.717, 1.165) is 17.0 Å². The van der Waals surface area contributed by atoms with Crippen molar-refractivity contribution in [3.63, 3.8) is 0 Å². The van der Waals surface area contributed by atoms with Crippen molar-refractivity contribution in [2.24, 2.45) is 5.10 Å². The Balaban J connectivity index is 1.53. The summed E-state index contributed by atoms with van der Waals surface area (Å²) in [6.45, 7) is 0. The molecular formula is C20H15F3N2O2S. The molecule has 0 bridgehead atoms. The third-order valence-electron chi connectivity index (χ3n) is 3.56. The summed E-state index contributed by atoms with van der Waals surface area (Å²) in [7, 11) is 0. The van der Waals surface area contributed by atoms with Gasteiger partial charge in [-0.3, -0.25) is 4.79 Å². The summed E-state index contributed by atoms with van der Waals surface area (Å²) >= 11 is 1.45. The van der Waals surface area contributed by atoms with E-state index in [1.165, 1.54) is 30.1 Å². The summed E-state index contributed by atoms with van der Waals surface area (Å²) in [5.41, 5.74) is 1.74. The van der Waals surface area contributed by atoms with Crippen LogP contribution >= 0.6 is 11.8 Å². The summed E-state index contributed by atoms with van der Waals surface area (Å²) in [5.74, 6) is -0.0844. The van der Waals surface area contributed by atoms with Gasteiger partial charge in [-0.25, -0.2) is 5.43 Å². The second kappa shape index (κ2) is 8.79. The molecule has 0 saturated carbocycles. The van der Waals surface area contributed by atoms with Crippen LogP contribution in [0.25, 0.3) is 0 Å². The quantitative estimate of drug-likeness (QED) is 0.457. The maximum atomic E-state index is 12.7. The molecule has 1 heterocycles. The number of carbonyl (C=O) groups is 1. The molecule has 3 aromatic rings. The summed E-state index contributed by atoms with van der Waals surface area (Å²) in [4.78, 5) is 12.9. The van der Waals surface area contributed by atoms with Crippen LogP contribution in [-0.4, -0.2) is 12.1 Å². The fourth-order valence-corrected chi connectivity index (χ4v) is 3.11. The predicted octanol–water partition coefficient (Wildman–Crippen LogP) is 5.14. The molecule has 1 N–H and O–H groups in total. The number of nitrogens with zero attached hydrogens (tertiary/aromatic N) is 1. The third kappa shape index (κ3) is 5.75. The van der Waals surface area contributed by atoms with Gasteiger partial charge < -0.3 is 4.42 Å². The average Bonchev–Trinajstić information content (AvgIpc) is 3.09. The highest BCUT2D eigenvalue weighted by molar-refractivity contribution is 7.99. The van der Waals surface area contributed by atoms with Crippen molar-refractivity contribution in [3.05, 3.63) is 83.6 Å². The zero-order chi connectivity index (χ0) is 20.0. The van der Waals surface area contributed by atoms with Crippen LogP contribution in [0, 0.1) is 0 Å². The van der Waals surface area contributed by atoms with Crippen molar-refractivity contribution < 1.29 is 22.4 Å². The zero-order valence-electron chi connectivity index (χ0n) is 14.4. The van der Waals surface area contributed by atoms with Crippen molar-refractivity contribution in [2.75, 3.05) is 0 Å². The van der Waals surface area contributed by atoms with Crippen molar-refractivity contribution in [3.8, 4) is 0 Å². The SMILES string of the molecule is O=C(Cc1cccc(C(F)(F)F)c1)N/N=C/c1ccc(Sc2ccccc2)o1. The van der Waals surface area contributed by atoms with E-state index in [0.29, 0.717) is 10.9 Å².